The summed E-state index contributed by atoms with van der Waals surface area (Å²) in [4.78, 5) is 22.9. The second-order valence-corrected chi connectivity index (χ2v) is 7.13. The lowest BCUT2D eigenvalue weighted by molar-refractivity contribution is 0.0598. The van der Waals surface area contributed by atoms with Gasteiger partial charge < -0.3 is 9.47 Å². The molecule has 2 aromatic heterocycles. The molecule has 4 rings (SSSR count). The van der Waals surface area contributed by atoms with Gasteiger partial charge in [0.2, 0.25) is 5.88 Å². The molecule has 0 bridgehead atoms. The van der Waals surface area contributed by atoms with Crippen molar-refractivity contribution < 1.29 is 14.3 Å². The Morgan fingerprint density at radius 3 is 2.54 bits per heavy atom. The summed E-state index contributed by atoms with van der Waals surface area (Å²) in [6, 6.07) is 11.4. The Morgan fingerprint density at radius 2 is 1.81 bits per heavy atom. The number of fused-ring (bicyclic) bond motifs is 2. The van der Waals surface area contributed by atoms with E-state index in [1.54, 1.807) is 17.4 Å². The maximum absolute atomic E-state index is 12.3. The summed E-state index contributed by atoms with van der Waals surface area (Å²) in [6.45, 7) is 4.06. The molecule has 0 radical (unpaired) electrons. The molecule has 4 aromatic rings. The van der Waals surface area contributed by atoms with E-state index in [0.29, 0.717) is 17.2 Å². The van der Waals surface area contributed by atoms with E-state index in [1.165, 1.54) is 13.4 Å². The Morgan fingerprint density at radius 1 is 1.08 bits per heavy atom. The molecule has 0 unspecified atom stereocenters. The van der Waals surface area contributed by atoms with Crippen molar-refractivity contribution >= 4 is 38.3 Å². The van der Waals surface area contributed by atoms with Gasteiger partial charge in [-0.2, -0.15) is 0 Å². The number of nitrogens with zero attached hydrogens (tertiary/aromatic N) is 2. The highest BCUT2D eigenvalue weighted by Gasteiger charge is 2.19. The number of thiophene rings is 1. The van der Waals surface area contributed by atoms with Crippen molar-refractivity contribution in [1.82, 2.24) is 9.97 Å². The number of ether oxygens (including phenoxy) is 2. The smallest absolute Gasteiger partial charge is 0.341 e. The minimum Gasteiger partial charge on any atom is -0.465 e. The normalized spacial score (nSPS) is 11.0. The molecule has 0 aliphatic carbocycles. The number of hydrogen-bond donors (Lipinski definition) is 0. The van der Waals surface area contributed by atoms with Gasteiger partial charge in [0.15, 0.2) is 0 Å². The van der Waals surface area contributed by atoms with Crippen molar-refractivity contribution in [2.45, 2.75) is 13.8 Å². The van der Waals surface area contributed by atoms with Gasteiger partial charge >= 0.3 is 5.97 Å². The highest BCUT2D eigenvalue weighted by molar-refractivity contribution is 7.18. The number of esters is 1. The van der Waals surface area contributed by atoms with Crippen molar-refractivity contribution in [2.24, 2.45) is 0 Å². The molecular formula is C20H16N2O3S. The van der Waals surface area contributed by atoms with Gasteiger partial charge in [-0.1, -0.05) is 24.3 Å². The summed E-state index contributed by atoms with van der Waals surface area (Å²) in [7, 11) is 1.36. The molecule has 0 spiro atoms. The Bertz CT molecular complexity index is 1150. The second kappa shape index (κ2) is 6.38. The van der Waals surface area contributed by atoms with Crippen LogP contribution in [0.25, 0.3) is 21.0 Å². The van der Waals surface area contributed by atoms with Gasteiger partial charge in [0.05, 0.1) is 12.5 Å². The van der Waals surface area contributed by atoms with Crippen LogP contribution in [0.4, 0.5) is 0 Å². The predicted octanol–water partition coefficient (Wildman–Crippen LogP) is 5.04. The monoisotopic (exact) mass is 364 g/mol. The zero-order valence-corrected chi connectivity index (χ0v) is 15.4. The SMILES string of the molecule is COC(=O)c1cc2ccccc2cc1Oc1ncnc2sc(C)c(C)c12. The summed E-state index contributed by atoms with van der Waals surface area (Å²) in [5.74, 6) is 0.408. The van der Waals surface area contributed by atoms with Gasteiger partial charge in [-0.15, -0.1) is 11.3 Å². The number of hydrogen-bond acceptors (Lipinski definition) is 6. The maximum Gasteiger partial charge on any atom is 0.341 e. The fourth-order valence-electron chi connectivity index (χ4n) is 2.90. The predicted molar refractivity (Wildman–Crippen MR) is 102 cm³/mol. The third kappa shape index (κ3) is 2.68. The second-order valence-electron chi connectivity index (χ2n) is 5.93. The summed E-state index contributed by atoms with van der Waals surface area (Å²) in [5.41, 5.74) is 1.45. The molecule has 0 amide bonds. The Hall–Kier alpha value is -2.99. The zero-order valence-electron chi connectivity index (χ0n) is 14.6. The molecule has 6 heteroatoms. The lowest BCUT2D eigenvalue weighted by Crippen LogP contribution is -2.04. The first-order chi connectivity index (χ1) is 12.6. The highest BCUT2D eigenvalue weighted by Crippen LogP contribution is 2.37. The van der Waals surface area contributed by atoms with Crippen molar-refractivity contribution in [2.75, 3.05) is 7.11 Å². The van der Waals surface area contributed by atoms with Crippen molar-refractivity contribution in [3.8, 4) is 11.6 Å². The molecule has 130 valence electrons. The molecule has 0 saturated heterocycles. The van der Waals surface area contributed by atoms with Crippen LogP contribution in [0.15, 0.2) is 42.7 Å². The van der Waals surface area contributed by atoms with Crippen LogP contribution in [0.5, 0.6) is 11.6 Å². The van der Waals surface area contributed by atoms with Crippen LogP contribution in [-0.2, 0) is 4.74 Å². The standard InChI is InChI=1S/C20H16N2O3S/c1-11-12(2)26-19-17(11)18(21-10-22-19)25-16-9-14-7-5-4-6-13(14)8-15(16)20(23)24-3/h4-10H,1-3H3. The maximum atomic E-state index is 12.3. The van der Waals surface area contributed by atoms with Crippen LogP contribution in [0.1, 0.15) is 20.8 Å². The first-order valence-electron chi connectivity index (χ1n) is 8.08. The van der Waals surface area contributed by atoms with Crippen LogP contribution < -0.4 is 4.74 Å². The van der Waals surface area contributed by atoms with Crippen molar-refractivity contribution in [1.29, 1.82) is 0 Å². The number of benzene rings is 2. The molecule has 0 aliphatic heterocycles. The minimum absolute atomic E-state index is 0.363. The van der Waals surface area contributed by atoms with Crippen molar-refractivity contribution in [3.63, 3.8) is 0 Å². The molecule has 0 fully saturated rings. The number of rotatable bonds is 3. The van der Waals surface area contributed by atoms with Gasteiger partial charge in [-0.3, -0.25) is 0 Å². The molecule has 5 nitrogen and oxygen atoms in total. The topological polar surface area (TPSA) is 61.3 Å². The van der Waals surface area contributed by atoms with E-state index in [-0.39, 0.29) is 0 Å². The molecular weight excluding hydrogens is 348 g/mol. The van der Waals surface area contributed by atoms with Crippen molar-refractivity contribution in [3.05, 3.63) is 58.7 Å². The number of methoxy groups -OCH3 is 1. The van der Waals surface area contributed by atoms with E-state index in [9.17, 15) is 4.79 Å². The van der Waals surface area contributed by atoms with E-state index in [0.717, 1.165) is 31.4 Å². The largest absolute Gasteiger partial charge is 0.465 e. The minimum atomic E-state index is -0.450. The number of aromatic nitrogens is 2. The van der Waals surface area contributed by atoms with Crippen LogP contribution in [0.3, 0.4) is 0 Å². The number of carbonyl (C=O) groups excluding carboxylic acids is 1. The average Bonchev–Trinajstić information content (AvgIpc) is 2.95. The first kappa shape index (κ1) is 16.5. The van der Waals surface area contributed by atoms with Crippen LogP contribution in [0, 0.1) is 13.8 Å². The van der Waals surface area contributed by atoms with Gasteiger partial charge in [-0.05, 0) is 42.3 Å². The third-order valence-electron chi connectivity index (χ3n) is 4.39. The molecule has 2 aromatic carbocycles. The highest BCUT2D eigenvalue weighted by atomic mass is 32.1. The summed E-state index contributed by atoms with van der Waals surface area (Å²) in [5, 5.41) is 2.79. The molecule has 26 heavy (non-hydrogen) atoms. The van der Waals surface area contributed by atoms with Gasteiger partial charge in [0.1, 0.15) is 22.5 Å². The Labute approximate surface area is 154 Å². The summed E-state index contributed by atoms with van der Waals surface area (Å²) in [6.07, 6.45) is 1.48. The lowest BCUT2D eigenvalue weighted by Gasteiger charge is -2.12. The van der Waals surface area contributed by atoms with Crippen LogP contribution in [0.2, 0.25) is 0 Å². The van der Waals surface area contributed by atoms with E-state index in [2.05, 4.69) is 9.97 Å². The van der Waals surface area contributed by atoms with Gasteiger partial charge in [0.25, 0.3) is 0 Å². The lowest BCUT2D eigenvalue weighted by atomic mass is 10.1. The molecule has 0 aliphatic rings. The van der Waals surface area contributed by atoms with Gasteiger partial charge in [-0.25, -0.2) is 14.8 Å². The number of aryl methyl sites for hydroxylation is 2. The zero-order chi connectivity index (χ0) is 18.3. The number of carbonyl (C=O) groups is 1. The van der Waals surface area contributed by atoms with E-state index < -0.39 is 5.97 Å². The first-order valence-corrected chi connectivity index (χ1v) is 8.90. The fraction of sp³-hybridized carbons (Fsp3) is 0.150. The Kier molecular flexibility index (Phi) is 4.05. The fourth-order valence-corrected chi connectivity index (χ4v) is 3.89. The van der Waals surface area contributed by atoms with E-state index >= 15 is 0 Å². The average molecular weight is 364 g/mol. The summed E-state index contributed by atoms with van der Waals surface area (Å²) >= 11 is 1.60. The van der Waals surface area contributed by atoms with Crippen LogP contribution in [-0.4, -0.2) is 23.0 Å². The van der Waals surface area contributed by atoms with Gasteiger partial charge in [0, 0.05) is 4.88 Å². The molecule has 0 saturated carbocycles. The van der Waals surface area contributed by atoms with E-state index in [1.807, 2.05) is 44.2 Å². The quantitative estimate of drug-likeness (QED) is 0.477. The molecule has 0 atom stereocenters. The molecule has 0 N–H and O–H groups in total. The Balaban J connectivity index is 1.91. The van der Waals surface area contributed by atoms with Crippen LogP contribution >= 0.6 is 11.3 Å². The van der Waals surface area contributed by atoms with E-state index in [4.69, 9.17) is 9.47 Å². The summed E-state index contributed by atoms with van der Waals surface area (Å²) < 4.78 is 11.0. The molecule has 2 heterocycles. The third-order valence-corrected chi connectivity index (χ3v) is 5.51.